The summed E-state index contributed by atoms with van der Waals surface area (Å²) >= 11 is 0. The van der Waals surface area contributed by atoms with Crippen LogP contribution in [-0.4, -0.2) is 54.7 Å². The van der Waals surface area contributed by atoms with Crippen LogP contribution < -0.4 is 14.8 Å². The van der Waals surface area contributed by atoms with Gasteiger partial charge in [-0.2, -0.15) is 0 Å². The number of fused-ring (bicyclic) bond motifs is 1. The summed E-state index contributed by atoms with van der Waals surface area (Å²) in [6.07, 6.45) is 2.27. The molecule has 0 spiro atoms. The maximum absolute atomic E-state index is 13.5. The van der Waals surface area contributed by atoms with E-state index < -0.39 is 12.0 Å². The molecule has 2 amide bonds. The Kier molecular flexibility index (Phi) is 6.21. The summed E-state index contributed by atoms with van der Waals surface area (Å²) in [6, 6.07) is 9.72. The highest BCUT2D eigenvalue weighted by molar-refractivity contribution is 5.95. The molecule has 0 fully saturated rings. The maximum atomic E-state index is 13.5. The fourth-order valence-electron chi connectivity index (χ4n) is 4.05. The lowest BCUT2D eigenvalue weighted by Gasteiger charge is -2.36. The number of anilines is 1. The minimum Gasteiger partial charge on any atom is -0.497 e. The average Bonchev–Trinajstić information content (AvgIpc) is 3.32. The molecule has 1 aliphatic rings. The second kappa shape index (κ2) is 9.23. The predicted molar refractivity (Wildman–Crippen MR) is 122 cm³/mol. The number of benzene rings is 2. The third-order valence-corrected chi connectivity index (χ3v) is 5.82. The standard InChI is InChI=1S/C24H26N4O5/c1-14-5-6-15(23(29)33-4)11-19(14)27-24(30)28-10-9-18-21(26-13-25-18)22(28)17-12-16(31-2)7-8-20(17)32-3/h5-8,11-13,22H,9-10H2,1-4H3,(H,25,26)(H,27,30)/t22-/m1/s1. The lowest BCUT2D eigenvalue weighted by molar-refractivity contribution is 0.0600. The van der Waals surface area contributed by atoms with E-state index in [4.69, 9.17) is 14.2 Å². The second-order valence-electron chi connectivity index (χ2n) is 7.67. The van der Waals surface area contributed by atoms with Crippen molar-refractivity contribution >= 4 is 17.7 Å². The number of amides is 2. The molecule has 2 N–H and O–H groups in total. The number of hydrogen-bond acceptors (Lipinski definition) is 6. The van der Waals surface area contributed by atoms with Gasteiger partial charge in [-0.25, -0.2) is 14.6 Å². The van der Waals surface area contributed by atoms with Crippen molar-refractivity contribution in [1.29, 1.82) is 0 Å². The molecular weight excluding hydrogens is 424 g/mol. The number of aromatic amines is 1. The van der Waals surface area contributed by atoms with E-state index in [-0.39, 0.29) is 6.03 Å². The third-order valence-electron chi connectivity index (χ3n) is 5.82. The van der Waals surface area contributed by atoms with Crippen molar-refractivity contribution in [1.82, 2.24) is 14.9 Å². The monoisotopic (exact) mass is 450 g/mol. The van der Waals surface area contributed by atoms with E-state index >= 15 is 0 Å². The molecule has 33 heavy (non-hydrogen) atoms. The van der Waals surface area contributed by atoms with Crippen LogP contribution in [0.2, 0.25) is 0 Å². The number of imidazole rings is 1. The predicted octanol–water partition coefficient (Wildman–Crippen LogP) is 3.70. The summed E-state index contributed by atoms with van der Waals surface area (Å²) in [6.45, 7) is 2.32. The number of urea groups is 1. The van der Waals surface area contributed by atoms with Crippen LogP contribution in [0.15, 0.2) is 42.7 Å². The number of hydrogen-bond donors (Lipinski definition) is 2. The Morgan fingerprint density at radius 3 is 2.67 bits per heavy atom. The zero-order chi connectivity index (χ0) is 23.5. The maximum Gasteiger partial charge on any atom is 0.337 e. The molecule has 3 aromatic rings. The van der Waals surface area contributed by atoms with Crippen molar-refractivity contribution in [2.24, 2.45) is 0 Å². The molecule has 172 valence electrons. The van der Waals surface area contributed by atoms with Gasteiger partial charge in [-0.3, -0.25) is 0 Å². The lowest BCUT2D eigenvalue weighted by atomic mass is 9.95. The quantitative estimate of drug-likeness (QED) is 0.574. The SMILES string of the molecule is COC(=O)c1ccc(C)c(NC(=O)N2CCc3[nH]cnc3[C@H]2c2cc(OC)ccc2OC)c1. The molecular formula is C24H26N4O5. The van der Waals surface area contributed by atoms with Crippen molar-refractivity contribution in [3.8, 4) is 11.5 Å². The highest BCUT2D eigenvalue weighted by atomic mass is 16.5. The first-order valence-electron chi connectivity index (χ1n) is 10.5. The van der Waals surface area contributed by atoms with Crippen molar-refractivity contribution < 1.29 is 23.8 Å². The number of rotatable bonds is 5. The number of H-pyrrole nitrogens is 1. The largest absolute Gasteiger partial charge is 0.497 e. The zero-order valence-corrected chi connectivity index (χ0v) is 19.0. The van der Waals surface area contributed by atoms with E-state index in [9.17, 15) is 9.59 Å². The highest BCUT2D eigenvalue weighted by Crippen LogP contribution is 2.40. The Bertz CT molecular complexity index is 1190. The first kappa shape index (κ1) is 22.2. The molecule has 0 aliphatic carbocycles. The van der Waals surface area contributed by atoms with Crippen LogP contribution in [0.4, 0.5) is 10.5 Å². The fraction of sp³-hybridized carbons (Fsp3) is 0.292. The normalized spacial score (nSPS) is 14.9. The lowest BCUT2D eigenvalue weighted by Crippen LogP contribution is -2.43. The highest BCUT2D eigenvalue weighted by Gasteiger charge is 2.36. The van der Waals surface area contributed by atoms with Gasteiger partial charge in [0.25, 0.3) is 0 Å². The molecule has 0 radical (unpaired) electrons. The molecule has 1 aromatic heterocycles. The van der Waals surface area contributed by atoms with Crippen LogP contribution >= 0.6 is 0 Å². The van der Waals surface area contributed by atoms with E-state index in [1.807, 2.05) is 25.1 Å². The molecule has 0 unspecified atom stereocenters. The summed E-state index contributed by atoms with van der Waals surface area (Å²) in [7, 11) is 4.50. The minimum atomic E-state index is -0.492. The van der Waals surface area contributed by atoms with Crippen LogP contribution in [0, 0.1) is 6.92 Å². The molecule has 1 aliphatic heterocycles. The van der Waals surface area contributed by atoms with E-state index in [1.165, 1.54) is 7.11 Å². The number of methoxy groups -OCH3 is 3. The Hall–Kier alpha value is -4.01. The van der Waals surface area contributed by atoms with Crippen LogP contribution in [0.25, 0.3) is 0 Å². The van der Waals surface area contributed by atoms with E-state index in [1.54, 1.807) is 43.6 Å². The summed E-state index contributed by atoms with van der Waals surface area (Å²) in [5.74, 6) is 0.803. The fourth-order valence-corrected chi connectivity index (χ4v) is 4.05. The van der Waals surface area contributed by atoms with Gasteiger partial charge in [-0.15, -0.1) is 0 Å². The Labute approximate surface area is 191 Å². The Balaban J connectivity index is 1.73. The molecule has 2 heterocycles. The van der Waals surface area contributed by atoms with Gasteiger partial charge in [0, 0.05) is 29.9 Å². The zero-order valence-electron chi connectivity index (χ0n) is 19.0. The number of esters is 1. The first-order valence-corrected chi connectivity index (χ1v) is 10.5. The van der Waals surface area contributed by atoms with E-state index in [2.05, 4.69) is 15.3 Å². The third kappa shape index (κ3) is 4.21. The Morgan fingerprint density at radius 2 is 1.94 bits per heavy atom. The smallest absolute Gasteiger partial charge is 0.337 e. The van der Waals surface area contributed by atoms with Gasteiger partial charge in [0.15, 0.2) is 0 Å². The van der Waals surface area contributed by atoms with Crippen LogP contribution in [-0.2, 0) is 11.2 Å². The molecule has 0 bridgehead atoms. The molecule has 4 rings (SSSR count). The van der Waals surface area contributed by atoms with Crippen molar-refractivity contribution in [3.63, 3.8) is 0 Å². The van der Waals surface area contributed by atoms with Crippen molar-refractivity contribution in [2.75, 3.05) is 33.2 Å². The van der Waals surface area contributed by atoms with Crippen molar-refractivity contribution in [2.45, 2.75) is 19.4 Å². The number of aryl methyl sites for hydroxylation is 1. The van der Waals surface area contributed by atoms with Gasteiger partial charge in [0.2, 0.25) is 0 Å². The van der Waals surface area contributed by atoms with Gasteiger partial charge in [0.05, 0.1) is 38.9 Å². The number of carbonyl (C=O) groups is 2. The van der Waals surface area contributed by atoms with Crippen LogP contribution in [0.5, 0.6) is 11.5 Å². The molecule has 1 atom stereocenters. The average molecular weight is 450 g/mol. The summed E-state index contributed by atoms with van der Waals surface area (Å²) in [5, 5.41) is 2.96. The summed E-state index contributed by atoms with van der Waals surface area (Å²) < 4.78 is 15.8. The van der Waals surface area contributed by atoms with E-state index in [0.717, 1.165) is 22.5 Å². The Morgan fingerprint density at radius 1 is 1.12 bits per heavy atom. The number of carbonyl (C=O) groups excluding carboxylic acids is 2. The number of nitrogens with one attached hydrogen (secondary N) is 2. The first-order chi connectivity index (χ1) is 16.0. The minimum absolute atomic E-state index is 0.316. The number of nitrogens with zero attached hydrogens (tertiary/aromatic N) is 2. The molecule has 2 aromatic carbocycles. The molecule has 9 heteroatoms. The number of ether oxygens (including phenoxy) is 3. The molecule has 0 saturated heterocycles. The van der Waals surface area contributed by atoms with Gasteiger partial charge in [-0.1, -0.05) is 6.07 Å². The summed E-state index contributed by atoms with van der Waals surface area (Å²) in [4.78, 5) is 34.9. The van der Waals surface area contributed by atoms with Gasteiger partial charge >= 0.3 is 12.0 Å². The second-order valence-corrected chi connectivity index (χ2v) is 7.67. The van der Waals surface area contributed by atoms with Gasteiger partial charge < -0.3 is 29.4 Å². The number of aromatic nitrogens is 2. The summed E-state index contributed by atoms with van der Waals surface area (Å²) in [5.41, 5.74) is 4.20. The topological polar surface area (TPSA) is 106 Å². The van der Waals surface area contributed by atoms with Crippen molar-refractivity contribution in [3.05, 3.63) is 70.8 Å². The van der Waals surface area contributed by atoms with Crippen LogP contribution in [0.1, 0.15) is 38.9 Å². The molecule has 9 nitrogen and oxygen atoms in total. The van der Waals surface area contributed by atoms with Crippen LogP contribution in [0.3, 0.4) is 0 Å². The van der Waals surface area contributed by atoms with E-state index in [0.29, 0.717) is 35.7 Å². The van der Waals surface area contributed by atoms with Gasteiger partial charge in [-0.05, 0) is 42.8 Å². The van der Waals surface area contributed by atoms with Gasteiger partial charge in [0.1, 0.15) is 17.5 Å². The molecule has 0 saturated carbocycles.